The van der Waals surface area contributed by atoms with Crippen molar-refractivity contribution in [2.45, 2.75) is 18.4 Å². The highest BCUT2D eigenvalue weighted by Gasteiger charge is 2.27. The number of pyridine rings is 1. The summed E-state index contributed by atoms with van der Waals surface area (Å²) in [5, 5.41) is 2.71. The van der Waals surface area contributed by atoms with Crippen LogP contribution in [0.2, 0.25) is 0 Å². The van der Waals surface area contributed by atoms with E-state index in [-0.39, 0.29) is 17.1 Å². The molecule has 31 heavy (non-hydrogen) atoms. The summed E-state index contributed by atoms with van der Waals surface area (Å²) in [5.74, 6) is -0.467. The number of carbonyl (C=O) groups excluding carboxylic acids is 1. The van der Waals surface area contributed by atoms with Gasteiger partial charge in [0.1, 0.15) is 18.1 Å². The molecule has 0 fully saturated rings. The molecule has 0 unspecified atom stereocenters. The van der Waals surface area contributed by atoms with Crippen LogP contribution in [0.15, 0.2) is 78.0 Å². The van der Waals surface area contributed by atoms with Crippen molar-refractivity contribution in [2.75, 3.05) is 17.5 Å². The van der Waals surface area contributed by atoms with Crippen LogP contribution < -0.4 is 14.4 Å². The number of hydrogen-bond donors (Lipinski definition) is 1. The number of sulfonamides is 1. The highest BCUT2D eigenvalue weighted by molar-refractivity contribution is 7.92. The topological polar surface area (TPSA) is 88.6 Å². The van der Waals surface area contributed by atoms with Crippen molar-refractivity contribution in [3.63, 3.8) is 0 Å². The number of carbonyl (C=O) groups is 1. The molecule has 7 nitrogen and oxygen atoms in total. The SMILES string of the molecule is CCOc1ccc(N(CC(=O)NCc2ccncc2)S(=O)(=O)c2ccc(F)cc2)cc1. The van der Waals surface area contributed by atoms with E-state index in [2.05, 4.69) is 10.3 Å². The molecule has 2 aromatic carbocycles. The van der Waals surface area contributed by atoms with Crippen molar-refractivity contribution >= 4 is 21.6 Å². The molecule has 162 valence electrons. The van der Waals surface area contributed by atoms with Crippen LogP contribution in [0.1, 0.15) is 12.5 Å². The highest BCUT2D eigenvalue weighted by Crippen LogP contribution is 2.26. The molecular weight excluding hydrogens is 421 g/mol. The molecule has 1 N–H and O–H groups in total. The maximum absolute atomic E-state index is 13.3. The summed E-state index contributed by atoms with van der Waals surface area (Å²) in [4.78, 5) is 16.4. The van der Waals surface area contributed by atoms with Crippen molar-refractivity contribution in [1.29, 1.82) is 0 Å². The summed E-state index contributed by atoms with van der Waals surface area (Å²) in [6.45, 7) is 2.09. The predicted molar refractivity (Wildman–Crippen MR) is 115 cm³/mol. The van der Waals surface area contributed by atoms with Crippen molar-refractivity contribution in [3.8, 4) is 5.75 Å². The zero-order chi connectivity index (χ0) is 22.3. The lowest BCUT2D eigenvalue weighted by Gasteiger charge is -2.24. The zero-order valence-corrected chi connectivity index (χ0v) is 17.7. The van der Waals surface area contributed by atoms with Crippen LogP contribution >= 0.6 is 0 Å². The Balaban J connectivity index is 1.86. The number of halogens is 1. The molecule has 3 aromatic rings. The van der Waals surface area contributed by atoms with Crippen LogP contribution in [-0.4, -0.2) is 32.5 Å². The molecule has 0 saturated heterocycles. The maximum atomic E-state index is 13.3. The van der Waals surface area contributed by atoms with Gasteiger partial charge >= 0.3 is 0 Å². The zero-order valence-electron chi connectivity index (χ0n) is 16.9. The summed E-state index contributed by atoms with van der Waals surface area (Å²) in [6.07, 6.45) is 3.21. The highest BCUT2D eigenvalue weighted by atomic mass is 32.2. The number of anilines is 1. The molecule has 3 rings (SSSR count). The van der Waals surface area contributed by atoms with E-state index in [4.69, 9.17) is 4.74 Å². The third-order valence-corrected chi connectivity index (χ3v) is 6.15. The lowest BCUT2D eigenvalue weighted by molar-refractivity contribution is -0.119. The van der Waals surface area contributed by atoms with Gasteiger partial charge in [0.25, 0.3) is 10.0 Å². The smallest absolute Gasteiger partial charge is 0.264 e. The quantitative estimate of drug-likeness (QED) is 0.549. The molecule has 0 aliphatic heterocycles. The number of rotatable bonds is 9. The van der Waals surface area contributed by atoms with Crippen molar-refractivity contribution in [3.05, 3.63) is 84.4 Å². The average molecular weight is 444 g/mol. The molecule has 0 aliphatic rings. The Morgan fingerprint density at radius 2 is 1.68 bits per heavy atom. The van der Waals surface area contributed by atoms with Crippen molar-refractivity contribution < 1.29 is 22.3 Å². The van der Waals surface area contributed by atoms with Gasteiger partial charge in [-0.3, -0.25) is 14.1 Å². The second-order valence-electron chi connectivity index (χ2n) is 6.52. The lowest BCUT2D eigenvalue weighted by Crippen LogP contribution is -2.40. The number of benzene rings is 2. The fourth-order valence-electron chi connectivity index (χ4n) is 2.81. The first-order valence-corrected chi connectivity index (χ1v) is 11.0. The Bertz CT molecular complexity index is 1110. The van der Waals surface area contributed by atoms with E-state index in [9.17, 15) is 17.6 Å². The normalized spacial score (nSPS) is 11.0. The molecule has 0 bridgehead atoms. The summed E-state index contributed by atoms with van der Waals surface area (Å²) in [7, 11) is -4.12. The minimum atomic E-state index is -4.12. The maximum Gasteiger partial charge on any atom is 0.264 e. The number of nitrogens with one attached hydrogen (secondary N) is 1. The Morgan fingerprint density at radius 1 is 1.03 bits per heavy atom. The summed E-state index contributed by atoms with van der Waals surface area (Å²) in [6, 6.07) is 14.3. The number of amides is 1. The molecule has 0 aliphatic carbocycles. The fraction of sp³-hybridized carbons (Fsp3) is 0.182. The van der Waals surface area contributed by atoms with E-state index < -0.39 is 28.3 Å². The Kier molecular flexibility index (Phi) is 7.19. The van der Waals surface area contributed by atoms with Crippen LogP contribution in [0.3, 0.4) is 0 Å². The predicted octanol–water partition coefficient (Wildman–Crippen LogP) is 3.13. The molecule has 0 atom stereocenters. The first-order chi connectivity index (χ1) is 14.9. The minimum Gasteiger partial charge on any atom is -0.494 e. The molecule has 0 radical (unpaired) electrons. The number of ether oxygens (including phenoxy) is 1. The monoisotopic (exact) mass is 443 g/mol. The molecule has 1 heterocycles. The van der Waals surface area contributed by atoms with Gasteiger partial charge in [0.15, 0.2) is 0 Å². The second kappa shape index (κ2) is 10.0. The molecule has 1 amide bonds. The average Bonchev–Trinajstić information content (AvgIpc) is 2.78. The third-order valence-electron chi connectivity index (χ3n) is 4.36. The van der Waals surface area contributed by atoms with Gasteiger partial charge in [-0.2, -0.15) is 0 Å². The van der Waals surface area contributed by atoms with Gasteiger partial charge < -0.3 is 10.1 Å². The van der Waals surface area contributed by atoms with Crippen LogP contribution in [0.4, 0.5) is 10.1 Å². The first kappa shape index (κ1) is 22.2. The Morgan fingerprint density at radius 3 is 2.29 bits per heavy atom. The summed E-state index contributed by atoms with van der Waals surface area (Å²) >= 11 is 0. The van der Waals surface area contributed by atoms with Crippen molar-refractivity contribution in [2.24, 2.45) is 0 Å². The van der Waals surface area contributed by atoms with E-state index in [1.165, 1.54) is 12.1 Å². The summed E-state index contributed by atoms with van der Waals surface area (Å²) in [5.41, 5.74) is 1.11. The minimum absolute atomic E-state index is 0.121. The fourth-order valence-corrected chi connectivity index (χ4v) is 4.23. The lowest BCUT2D eigenvalue weighted by atomic mass is 10.2. The largest absolute Gasteiger partial charge is 0.494 e. The van der Waals surface area contributed by atoms with E-state index in [0.717, 1.165) is 22.0 Å². The number of nitrogens with zero attached hydrogens (tertiary/aromatic N) is 2. The molecule has 0 saturated carbocycles. The molecular formula is C22H22FN3O4S. The van der Waals surface area contributed by atoms with E-state index in [1.807, 2.05) is 6.92 Å². The van der Waals surface area contributed by atoms with Gasteiger partial charge in [-0.15, -0.1) is 0 Å². The van der Waals surface area contributed by atoms with Crippen LogP contribution in [0.25, 0.3) is 0 Å². The van der Waals surface area contributed by atoms with Gasteiger partial charge in [0, 0.05) is 18.9 Å². The molecule has 9 heteroatoms. The van der Waals surface area contributed by atoms with Gasteiger partial charge in [-0.1, -0.05) is 0 Å². The van der Waals surface area contributed by atoms with E-state index >= 15 is 0 Å². The van der Waals surface area contributed by atoms with Crippen LogP contribution in [0, 0.1) is 5.82 Å². The second-order valence-corrected chi connectivity index (χ2v) is 8.39. The van der Waals surface area contributed by atoms with E-state index in [0.29, 0.717) is 12.4 Å². The Labute approximate surface area is 180 Å². The number of aromatic nitrogens is 1. The van der Waals surface area contributed by atoms with Crippen LogP contribution in [-0.2, 0) is 21.4 Å². The first-order valence-electron chi connectivity index (χ1n) is 9.57. The van der Waals surface area contributed by atoms with Gasteiger partial charge in [0.05, 0.1) is 17.2 Å². The van der Waals surface area contributed by atoms with Gasteiger partial charge in [-0.25, -0.2) is 12.8 Å². The van der Waals surface area contributed by atoms with E-state index in [1.54, 1.807) is 48.8 Å². The summed E-state index contributed by atoms with van der Waals surface area (Å²) < 4.78 is 46.2. The Hall–Kier alpha value is -3.46. The standard InChI is InChI=1S/C22H22FN3O4S/c1-2-30-20-7-5-19(6-8-20)26(31(28,29)21-9-3-18(23)4-10-21)16-22(27)25-15-17-11-13-24-14-12-17/h3-14H,2,15-16H2,1H3,(H,25,27). The van der Waals surface area contributed by atoms with Crippen LogP contribution in [0.5, 0.6) is 5.75 Å². The van der Waals surface area contributed by atoms with Gasteiger partial charge in [-0.05, 0) is 73.2 Å². The third kappa shape index (κ3) is 5.79. The van der Waals surface area contributed by atoms with Crippen molar-refractivity contribution in [1.82, 2.24) is 10.3 Å². The molecule has 0 spiro atoms. The number of hydrogen-bond acceptors (Lipinski definition) is 5. The van der Waals surface area contributed by atoms with Gasteiger partial charge in [0.2, 0.25) is 5.91 Å². The molecule has 1 aromatic heterocycles.